The van der Waals surface area contributed by atoms with Gasteiger partial charge in [0.1, 0.15) is 12.4 Å². The Labute approximate surface area is 234 Å². The highest BCUT2D eigenvalue weighted by molar-refractivity contribution is 7.80. The Hall–Kier alpha value is -4.49. The van der Waals surface area contributed by atoms with Crippen LogP contribution >= 0.6 is 12.2 Å². The number of ether oxygens (including phenoxy) is 1. The van der Waals surface area contributed by atoms with Crippen LogP contribution in [0.5, 0.6) is 5.75 Å². The molecule has 6 nitrogen and oxygen atoms in total. The molecule has 0 heterocycles. The number of thiocarbonyl (C=S) groups is 1. The number of rotatable bonds is 7. The molecule has 0 saturated heterocycles. The molecule has 0 aliphatic rings. The molecule has 0 fully saturated rings. The predicted molar refractivity (Wildman–Crippen MR) is 160 cm³/mol. The van der Waals surface area contributed by atoms with Gasteiger partial charge in [-0.1, -0.05) is 63.2 Å². The number of carbonyl (C=O) groups excluding carboxylic acids is 2. The summed E-state index contributed by atoms with van der Waals surface area (Å²) in [5.41, 5.74) is 4.64. The molecule has 0 unspecified atom stereocenters. The highest BCUT2D eigenvalue weighted by Crippen LogP contribution is 2.23. The van der Waals surface area contributed by atoms with E-state index in [0.717, 1.165) is 5.56 Å². The molecule has 0 bridgehead atoms. The summed E-state index contributed by atoms with van der Waals surface area (Å²) in [6.45, 7) is 6.86. The van der Waals surface area contributed by atoms with Crippen LogP contribution in [0.4, 0.5) is 11.4 Å². The minimum Gasteiger partial charge on any atom is -0.489 e. The highest BCUT2D eigenvalue weighted by atomic mass is 32.1. The number of hydrogen-bond acceptors (Lipinski definition) is 4. The van der Waals surface area contributed by atoms with Gasteiger partial charge in [0, 0.05) is 22.5 Å². The van der Waals surface area contributed by atoms with Crippen LogP contribution in [0.2, 0.25) is 0 Å². The Balaban J connectivity index is 1.25. The molecule has 0 aliphatic carbocycles. The Morgan fingerprint density at radius 3 is 1.82 bits per heavy atom. The van der Waals surface area contributed by atoms with Crippen LogP contribution in [0, 0.1) is 0 Å². The average Bonchev–Trinajstić information content (AvgIpc) is 2.93. The van der Waals surface area contributed by atoms with E-state index in [1.807, 2.05) is 54.6 Å². The predicted octanol–water partition coefficient (Wildman–Crippen LogP) is 6.94. The van der Waals surface area contributed by atoms with Gasteiger partial charge in [-0.05, 0) is 89.4 Å². The van der Waals surface area contributed by atoms with Crippen molar-refractivity contribution in [2.24, 2.45) is 0 Å². The Bertz CT molecular complexity index is 1430. The van der Waals surface area contributed by atoms with Gasteiger partial charge in [0.15, 0.2) is 5.11 Å². The van der Waals surface area contributed by atoms with Crippen LogP contribution in [-0.2, 0) is 12.0 Å². The zero-order chi connectivity index (χ0) is 27.8. The molecule has 0 saturated carbocycles. The summed E-state index contributed by atoms with van der Waals surface area (Å²) in [6.07, 6.45) is 0. The summed E-state index contributed by atoms with van der Waals surface area (Å²) < 4.78 is 5.77. The van der Waals surface area contributed by atoms with E-state index in [-0.39, 0.29) is 22.3 Å². The molecule has 7 heteroatoms. The van der Waals surface area contributed by atoms with Gasteiger partial charge in [0.2, 0.25) is 0 Å². The summed E-state index contributed by atoms with van der Waals surface area (Å²) in [6, 6.07) is 31.4. The second-order valence-electron chi connectivity index (χ2n) is 10.1. The van der Waals surface area contributed by atoms with Gasteiger partial charge in [0.05, 0.1) is 0 Å². The zero-order valence-electron chi connectivity index (χ0n) is 22.2. The first-order valence-corrected chi connectivity index (χ1v) is 13.0. The van der Waals surface area contributed by atoms with Gasteiger partial charge >= 0.3 is 0 Å². The van der Waals surface area contributed by atoms with Crippen molar-refractivity contribution in [3.63, 3.8) is 0 Å². The quantitative estimate of drug-likeness (QED) is 0.223. The number of amides is 2. The molecule has 0 aliphatic heterocycles. The number of hydrogen-bond donors (Lipinski definition) is 3. The van der Waals surface area contributed by atoms with Crippen molar-refractivity contribution in [1.29, 1.82) is 0 Å². The van der Waals surface area contributed by atoms with E-state index in [4.69, 9.17) is 17.0 Å². The third kappa shape index (κ3) is 7.99. The van der Waals surface area contributed by atoms with Crippen LogP contribution < -0.4 is 20.7 Å². The fourth-order valence-corrected chi connectivity index (χ4v) is 3.95. The topological polar surface area (TPSA) is 79.5 Å². The molecule has 0 spiro atoms. The molecular weight excluding hydrogens is 506 g/mol. The highest BCUT2D eigenvalue weighted by Gasteiger charge is 2.14. The van der Waals surface area contributed by atoms with Crippen molar-refractivity contribution in [1.82, 2.24) is 5.32 Å². The van der Waals surface area contributed by atoms with Gasteiger partial charge in [-0.25, -0.2) is 0 Å². The van der Waals surface area contributed by atoms with Crippen LogP contribution in [0.15, 0.2) is 103 Å². The molecule has 4 aromatic carbocycles. The van der Waals surface area contributed by atoms with Crippen molar-refractivity contribution in [3.05, 3.63) is 125 Å². The third-order valence-electron chi connectivity index (χ3n) is 6.01. The van der Waals surface area contributed by atoms with Gasteiger partial charge in [-0.3, -0.25) is 14.9 Å². The first-order valence-electron chi connectivity index (χ1n) is 12.6. The van der Waals surface area contributed by atoms with Crippen LogP contribution in [0.3, 0.4) is 0 Å². The van der Waals surface area contributed by atoms with Crippen LogP contribution in [0.25, 0.3) is 0 Å². The number of benzene rings is 4. The summed E-state index contributed by atoms with van der Waals surface area (Å²) >= 11 is 5.30. The fourth-order valence-electron chi connectivity index (χ4n) is 3.74. The fraction of sp³-hybridized carbons (Fsp3) is 0.156. The average molecular weight is 538 g/mol. The van der Waals surface area contributed by atoms with Crippen LogP contribution in [0.1, 0.15) is 52.6 Å². The molecule has 4 rings (SSSR count). The number of carbonyl (C=O) groups is 2. The number of anilines is 2. The minimum atomic E-state index is -0.330. The summed E-state index contributed by atoms with van der Waals surface area (Å²) in [5.74, 6) is 0.157. The molecular formula is C32H31N3O3S. The van der Waals surface area contributed by atoms with Crippen molar-refractivity contribution < 1.29 is 14.3 Å². The third-order valence-corrected chi connectivity index (χ3v) is 6.21. The van der Waals surface area contributed by atoms with E-state index < -0.39 is 0 Å². The van der Waals surface area contributed by atoms with Crippen molar-refractivity contribution >= 4 is 40.5 Å². The Morgan fingerprint density at radius 1 is 0.692 bits per heavy atom. The molecule has 39 heavy (non-hydrogen) atoms. The number of nitrogens with one attached hydrogen (secondary N) is 3. The molecule has 0 aromatic heterocycles. The smallest absolute Gasteiger partial charge is 0.257 e. The first kappa shape index (κ1) is 27.5. The molecule has 198 valence electrons. The lowest BCUT2D eigenvalue weighted by Crippen LogP contribution is -2.34. The lowest BCUT2D eigenvalue weighted by molar-refractivity contribution is 0.0976. The van der Waals surface area contributed by atoms with E-state index in [9.17, 15) is 9.59 Å². The summed E-state index contributed by atoms with van der Waals surface area (Å²) in [4.78, 5) is 25.2. The second kappa shape index (κ2) is 12.4. The Kier molecular flexibility index (Phi) is 8.74. The maximum atomic E-state index is 12.6. The first-order chi connectivity index (χ1) is 18.7. The van der Waals surface area contributed by atoms with Crippen molar-refractivity contribution in [2.75, 3.05) is 10.6 Å². The summed E-state index contributed by atoms with van der Waals surface area (Å²) in [5, 5.41) is 8.72. The van der Waals surface area contributed by atoms with Gasteiger partial charge in [0.25, 0.3) is 11.8 Å². The lowest BCUT2D eigenvalue weighted by Gasteiger charge is -2.19. The minimum absolute atomic E-state index is 0.0279. The van der Waals surface area contributed by atoms with Crippen molar-refractivity contribution in [3.8, 4) is 5.75 Å². The van der Waals surface area contributed by atoms with Gasteiger partial charge in [-0.2, -0.15) is 0 Å². The zero-order valence-corrected chi connectivity index (χ0v) is 23.0. The van der Waals surface area contributed by atoms with E-state index in [1.165, 1.54) is 5.56 Å². The van der Waals surface area contributed by atoms with E-state index in [1.54, 1.807) is 48.5 Å². The second-order valence-corrected chi connectivity index (χ2v) is 10.5. The summed E-state index contributed by atoms with van der Waals surface area (Å²) in [7, 11) is 0. The normalized spacial score (nSPS) is 10.8. The van der Waals surface area contributed by atoms with E-state index in [2.05, 4.69) is 36.7 Å². The SMILES string of the molecule is CC(C)(C)c1ccc(C(=O)Nc2ccc(NC(=S)NC(=O)c3ccc(OCc4ccccc4)cc3)cc2)cc1. The van der Waals surface area contributed by atoms with Crippen molar-refractivity contribution in [2.45, 2.75) is 32.8 Å². The monoisotopic (exact) mass is 537 g/mol. The molecule has 4 aromatic rings. The lowest BCUT2D eigenvalue weighted by atomic mass is 9.87. The van der Waals surface area contributed by atoms with Gasteiger partial charge in [-0.15, -0.1) is 0 Å². The maximum absolute atomic E-state index is 12.6. The Morgan fingerprint density at radius 2 is 1.23 bits per heavy atom. The molecule has 2 amide bonds. The van der Waals surface area contributed by atoms with Crippen LogP contribution in [-0.4, -0.2) is 16.9 Å². The van der Waals surface area contributed by atoms with Gasteiger partial charge < -0.3 is 15.4 Å². The van der Waals surface area contributed by atoms with E-state index >= 15 is 0 Å². The molecule has 0 atom stereocenters. The van der Waals surface area contributed by atoms with E-state index in [0.29, 0.717) is 34.9 Å². The maximum Gasteiger partial charge on any atom is 0.257 e. The standard InChI is InChI=1S/C32H31N3O3S/c1-32(2,3)25-13-9-23(10-14-25)29(36)33-26-15-17-27(18-16-26)34-31(39)35-30(37)24-11-19-28(20-12-24)38-21-22-7-5-4-6-8-22/h4-20H,21H2,1-3H3,(H,33,36)(H2,34,35,37,39). The molecule has 0 radical (unpaired) electrons. The molecule has 3 N–H and O–H groups in total. The largest absolute Gasteiger partial charge is 0.489 e.